The Bertz CT molecular complexity index is 1090. The van der Waals surface area contributed by atoms with Crippen molar-refractivity contribution < 1.29 is 28.3 Å². The van der Waals surface area contributed by atoms with Crippen LogP contribution in [-0.4, -0.2) is 104 Å². The average molecular weight is 535 g/mol. The van der Waals surface area contributed by atoms with Crippen LogP contribution in [0.15, 0.2) is 28.8 Å². The number of carbonyl (C=O) groups is 2. The first-order chi connectivity index (χ1) is 17.8. The molecule has 2 aromatic rings. The molecule has 37 heavy (non-hydrogen) atoms. The number of morpholine rings is 1. The minimum absolute atomic E-state index is 0.00652. The van der Waals surface area contributed by atoms with Gasteiger partial charge in [0.1, 0.15) is 23.7 Å². The van der Waals surface area contributed by atoms with Gasteiger partial charge in [-0.3, -0.25) is 9.59 Å². The van der Waals surface area contributed by atoms with E-state index in [0.29, 0.717) is 55.1 Å². The molecule has 10 nitrogen and oxygen atoms in total. The highest BCUT2D eigenvalue weighted by Crippen LogP contribution is 2.28. The molecular weight excluding hydrogens is 500 g/mol. The third-order valence-corrected chi connectivity index (χ3v) is 7.32. The largest absolute Gasteiger partial charge is 0.490 e. The normalized spacial score (nSPS) is 20.6. The smallest absolute Gasteiger partial charge is 0.254 e. The number of rotatable bonds is 9. The van der Waals surface area contributed by atoms with Crippen molar-refractivity contribution in [2.75, 3.05) is 66.6 Å². The highest BCUT2D eigenvalue weighted by molar-refractivity contribution is 6.31. The average Bonchev–Trinajstić information content (AvgIpc) is 3.37. The molecule has 3 heterocycles. The Morgan fingerprint density at radius 1 is 1.11 bits per heavy atom. The molecule has 2 aliphatic heterocycles. The lowest BCUT2D eigenvalue weighted by atomic mass is 9.96. The fourth-order valence-electron chi connectivity index (χ4n) is 4.56. The van der Waals surface area contributed by atoms with Crippen LogP contribution in [0.5, 0.6) is 11.6 Å². The van der Waals surface area contributed by atoms with Gasteiger partial charge in [-0.15, -0.1) is 0 Å². The van der Waals surface area contributed by atoms with Gasteiger partial charge >= 0.3 is 0 Å². The number of piperazine rings is 1. The van der Waals surface area contributed by atoms with E-state index in [-0.39, 0.29) is 37.8 Å². The Kier molecular flexibility index (Phi) is 8.94. The van der Waals surface area contributed by atoms with Gasteiger partial charge in [0.2, 0.25) is 11.8 Å². The molecule has 4 rings (SSSR count). The first-order valence-corrected chi connectivity index (χ1v) is 12.9. The Morgan fingerprint density at radius 2 is 1.89 bits per heavy atom. The van der Waals surface area contributed by atoms with E-state index in [9.17, 15) is 9.59 Å². The van der Waals surface area contributed by atoms with Gasteiger partial charge in [-0.25, -0.2) is 0 Å². The van der Waals surface area contributed by atoms with E-state index in [2.05, 4.69) is 10.1 Å². The molecule has 1 aromatic carbocycles. The van der Waals surface area contributed by atoms with Gasteiger partial charge < -0.3 is 33.4 Å². The number of methoxy groups -OCH3 is 1. The van der Waals surface area contributed by atoms with E-state index >= 15 is 0 Å². The molecule has 0 saturated carbocycles. The second-order valence-electron chi connectivity index (χ2n) is 9.74. The maximum Gasteiger partial charge on any atom is 0.254 e. The lowest BCUT2D eigenvalue weighted by Gasteiger charge is -2.43. The van der Waals surface area contributed by atoms with E-state index in [1.54, 1.807) is 23.1 Å². The Hall–Kier alpha value is -2.82. The standard InChI is InChI=1S/C26H35ClN4O6/c1-19-14-20(4-6-22(19)27)35-18-26(16-25(33)30-10-8-29(2)9-11-30)17-31(12-13-36-26)24(32)7-5-21-15-23(34-3)28-37-21/h4,6,14-15H,5,7-13,16-18H2,1-3H3/t26-/m1/s1. The molecule has 2 fully saturated rings. The van der Waals surface area contributed by atoms with Gasteiger partial charge in [-0.2, -0.15) is 0 Å². The monoisotopic (exact) mass is 534 g/mol. The second kappa shape index (κ2) is 12.1. The van der Waals surface area contributed by atoms with E-state index in [1.807, 2.05) is 24.9 Å². The van der Waals surface area contributed by atoms with Crippen LogP contribution in [0.2, 0.25) is 5.02 Å². The zero-order valence-corrected chi connectivity index (χ0v) is 22.5. The second-order valence-corrected chi connectivity index (χ2v) is 10.2. The quantitative estimate of drug-likeness (QED) is 0.484. The molecule has 2 amide bonds. The number of benzene rings is 1. The van der Waals surface area contributed by atoms with Crippen molar-refractivity contribution >= 4 is 23.4 Å². The lowest BCUT2D eigenvalue weighted by Crippen LogP contribution is -2.59. The highest BCUT2D eigenvalue weighted by atomic mass is 35.5. The zero-order valence-electron chi connectivity index (χ0n) is 21.7. The van der Waals surface area contributed by atoms with Crippen LogP contribution in [-0.2, 0) is 20.7 Å². The number of hydrogen-bond donors (Lipinski definition) is 0. The number of carbonyl (C=O) groups excluding carboxylic acids is 2. The van der Waals surface area contributed by atoms with Crippen LogP contribution in [0.1, 0.15) is 24.2 Å². The summed E-state index contributed by atoms with van der Waals surface area (Å²) < 4.78 is 22.6. The summed E-state index contributed by atoms with van der Waals surface area (Å²) in [6, 6.07) is 7.11. The Balaban J connectivity index is 1.45. The molecule has 0 spiro atoms. The number of likely N-dealkylation sites (N-methyl/N-ethyl adjacent to an activating group) is 1. The molecule has 11 heteroatoms. The molecule has 1 aromatic heterocycles. The minimum atomic E-state index is -0.961. The van der Waals surface area contributed by atoms with Crippen molar-refractivity contribution in [1.82, 2.24) is 19.9 Å². The van der Waals surface area contributed by atoms with Crippen molar-refractivity contribution in [3.05, 3.63) is 40.6 Å². The van der Waals surface area contributed by atoms with E-state index in [4.69, 9.17) is 30.3 Å². The molecule has 2 aliphatic rings. The van der Waals surface area contributed by atoms with Crippen LogP contribution in [0.4, 0.5) is 0 Å². The van der Waals surface area contributed by atoms with Gasteiger partial charge in [0.25, 0.3) is 5.88 Å². The molecule has 202 valence electrons. The summed E-state index contributed by atoms with van der Waals surface area (Å²) in [4.78, 5) is 32.3. The molecule has 0 unspecified atom stereocenters. The van der Waals surface area contributed by atoms with Crippen LogP contribution >= 0.6 is 11.6 Å². The lowest BCUT2D eigenvalue weighted by molar-refractivity contribution is -0.166. The number of ether oxygens (including phenoxy) is 3. The first kappa shape index (κ1) is 27.2. The van der Waals surface area contributed by atoms with Gasteiger partial charge in [-0.1, -0.05) is 11.6 Å². The predicted octanol–water partition coefficient (Wildman–Crippen LogP) is 2.42. The Morgan fingerprint density at radius 3 is 2.59 bits per heavy atom. The molecule has 0 N–H and O–H groups in total. The zero-order chi connectivity index (χ0) is 26.4. The number of aromatic nitrogens is 1. The number of amides is 2. The molecular formula is C26H35ClN4O6. The SMILES string of the molecule is COc1cc(CCC(=O)N2CCO[C@](COc3ccc(Cl)c(C)c3)(CC(=O)N3CCN(C)CC3)C2)on1. The van der Waals surface area contributed by atoms with Gasteiger partial charge in [0.15, 0.2) is 0 Å². The predicted molar refractivity (Wildman–Crippen MR) is 137 cm³/mol. The fraction of sp³-hybridized carbons (Fsp3) is 0.577. The highest BCUT2D eigenvalue weighted by Gasteiger charge is 2.42. The maximum atomic E-state index is 13.3. The summed E-state index contributed by atoms with van der Waals surface area (Å²) in [5.41, 5.74) is -0.0655. The topological polar surface area (TPSA) is 97.6 Å². The Labute approximate surface area is 222 Å². The number of aryl methyl sites for hydroxylation is 2. The van der Waals surface area contributed by atoms with Crippen LogP contribution < -0.4 is 9.47 Å². The van der Waals surface area contributed by atoms with Gasteiger partial charge in [-0.05, 0) is 42.9 Å². The summed E-state index contributed by atoms with van der Waals surface area (Å²) in [6.45, 7) is 6.08. The van der Waals surface area contributed by atoms with E-state index in [0.717, 1.165) is 18.7 Å². The van der Waals surface area contributed by atoms with Gasteiger partial charge in [0.05, 0.1) is 26.7 Å². The number of hydrogen-bond acceptors (Lipinski definition) is 8. The van der Waals surface area contributed by atoms with Crippen molar-refractivity contribution in [3.63, 3.8) is 0 Å². The van der Waals surface area contributed by atoms with Crippen molar-refractivity contribution in [2.24, 2.45) is 0 Å². The molecule has 0 aliphatic carbocycles. The fourth-order valence-corrected chi connectivity index (χ4v) is 4.68. The molecule has 0 bridgehead atoms. The van der Waals surface area contributed by atoms with Crippen LogP contribution in [0.25, 0.3) is 0 Å². The van der Waals surface area contributed by atoms with E-state index in [1.165, 1.54) is 7.11 Å². The van der Waals surface area contributed by atoms with Crippen LogP contribution in [0.3, 0.4) is 0 Å². The van der Waals surface area contributed by atoms with Gasteiger partial charge in [0, 0.05) is 56.7 Å². The van der Waals surface area contributed by atoms with Crippen LogP contribution in [0, 0.1) is 6.92 Å². The van der Waals surface area contributed by atoms with Crippen molar-refractivity contribution in [1.29, 1.82) is 0 Å². The third-order valence-electron chi connectivity index (χ3n) is 6.89. The summed E-state index contributed by atoms with van der Waals surface area (Å²) in [6.07, 6.45) is 0.783. The number of halogens is 1. The minimum Gasteiger partial charge on any atom is -0.490 e. The molecule has 1 atom stereocenters. The summed E-state index contributed by atoms with van der Waals surface area (Å²) >= 11 is 6.16. The number of nitrogens with zero attached hydrogens (tertiary/aromatic N) is 4. The first-order valence-electron chi connectivity index (χ1n) is 12.5. The summed E-state index contributed by atoms with van der Waals surface area (Å²) in [5.74, 6) is 1.56. The maximum absolute atomic E-state index is 13.3. The summed E-state index contributed by atoms with van der Waals surface area (Å²) in [5, 5.41) is 4.44. The van der Waals surface area contributed by atoms with Crippen molar-refractivity contribution in [3.8, 4) is 11.6 Å². The van der Waals surface area contributed by atoms with Crippen molar-refractivity contribution in [2.45, 2.75) is 31.8 Å². The summed E-state index contributed by atoms with van der Waals surface area (Å²) in [7, 11) is 3.56. The van der Waals surface area contributed by atoms with E-state index < -0.39 is 5.60 Å². The third kappa shape index (κ3) is 7.15. The molecule has 0 radical (unpaired) electrons. The molecule has 2 saturated heterocycles.